The van der Waals surface area contributed by atoms with Crippen LogP contribution in [0.5, 0.6) is 11.5 Å². The standard InChI is InChI=1S/C21H30N2O6/c1-6-12-28-17-10-8-16(13-18(17)27-7-2)9-11-19(24)29-15(5)20(25)23-21(26)22-14(3)4/h8-11,13-15H,6-7,12H2,1-5H3,(H2,22,23,25,26)/b11-9+. The van der Waals surface area contributed by atoms with Crippen molar-refractivity contribution in [2.75, 3.05) is 13.2 Å². The lowest BCUT2D eigenvalue weighted by molar-refractivity contribution is -0.149. The van der Waals surface area contributed by atoms with Gasteiger partial charge in [0.2, 0.25) is 0 Å². The minimum atomic E-state index is -1.12. The van der Waals surface area contributed by atoms with E-state index in [1.54, 1.807) is 38.1 Å². The molecule has 0 aliphatic heterocycles. The SMILES string of the molecule is CCCOc1ccc(/C=C/C(=O)OC(C)C(=O)NC(=O)NC(C)C)cc1OCC. The van der Waals surface area contributed by atoms with Gasteiger partial charge in [0.1, 0.15) is 0 Å². The fourth-order valence-corrected chi connectivity index (χ4v) is 2.17. The highest BCUT2D eigenvalue weighted by Crippen LogP contribution is 2.29. The summed E-state index contributed by atoms with van der Waals surface area (Å²) in [6.45, 7) is 9.86. The summed E-state index contributed by atoms with van der Waals surface area (Å²) < 4.78 is 16.2. The van der Waals surface area contributed by atoms with Crippen LogP contribution in [0.15, 0.2) is 24.3 Å². The number of carbonyl (C=O) groups excluding carboxylic acids is 3. The van der Waals surface area contributed by atoms with E-state index < -0.39 is 24.0 Å². The summed E-state index contributed by atoms with van der Waals surface area (Å²) in [5.41, 5.74) is 0.711. The van der Waals surface area contributed by atoms with Gasteiger partial charge in [0.15, 0.2) is 17.6 Å². The van der Waals surface area contributed by atoms with E-state index in [0.29, 0.717) is 30.3 Å². The zero-order valence-electron chi connectivity index (χ0n) is 17.6. The number of urea groups is 1. The molecule has 2 N–H and O–H groups in total. The average Bonchev–Trinajstić information content (AvgIpc) is 2.65. The first-order valence-corrected chi connectivity index (χ1v) is 9.66. The highest BCUT2D eigenvalue weighted by molar-refractivity contribution is 5.98. The van der Waals surface area contributed by atoms with Crippen LogP contribution in [0.25, 0.3) is 6.08 Å². The van der Waals surface area contributed by atoms with Crippen molar-refractivity contribution < 1.29 is 28.6 Å². The van der Waals surface area contributed by atoms with Gasteiger partial charge in [-0.25, -0.2) is 9.59 Å². The van der Waals surface area contributed by atoms with E-state index in [1.807, 2.05) is 13.8 Å². The number of hydrogen-bond acceptors (Lipinski definition) is 6. The molecular formula is C21H30N2O6. The van der Waals surface area contributed by atoms with Gasteiger partial charge in [-0.3, -0.25) is 10.1 Å². The van der Waals surface area contributed by atoms with Crippen LogP contribution in [0.3, 0.4) is 0 Å². The van der Waals surface area contributed by atoms with Gasteiger partial charge in [-0.15, -0.1) is 0 Å². The van der Waals surface area contributed by atoms with Crippen molar-refractivity contribution in [1.82, 2.24) is 10.6 Å². The van der Waals surface area contributed by atoms with Gasteiger partial charge in [-0.2, -0.15) is 0 Å². The number of ether oxygens (including phenoxy) is 3. The lowest BCUT2D eigenvalue weighted by Gasteiger charge is -2.13. The Morgan fingerprint density at radius 2 is 1.79 bits per heavy atom. The predicted molar refractivity (Wildman–Crippen MR) is 110 cm³/mol. The van der Waals surface area contributed by atoms with Crippen molar-refractivity contribution in [3.63, 3.8) is 0 Å². The first-order chi connectivity index (χ1) is 13.8. The molecule has 29 heavy (non-hydrogen) atoms. The molecule has 8 nitrogen and oxygen atoms in total. The van der Waals surface area contributed by atoms with E-state index in [1.165, 1.54) is 13.0 Å². The third-order valence-corrected chi connectivity index (χ3v) is 3.46. The molecule has 1 aromatic rings. The normalized spacial score (nSPS) is 11.8. The largest absolute Gasteiger partial charge is 0.490 e. The molecule has 0 aliphatic rings. The van der Waals surface area contributed by atoms with Gasteiger partial charge in [0.05, 0.1) is 13.2 Å². The predicted octanol–water partition coefficient (Wildman–Crippen LogP) is 3.05. The average molecular weight is 406 g/mol. The minimum absolute atomic E-state index is 0.121. The summed E-state index contributed by atoms with van der Waals surface area (Å²) in [6.07, 6.45) is 2.51. The quantitative estimate of drug-likeness (QED) is 0.457. The highest BCUT2D eigenvalue weighted by Gasteiger charge is 2.19. The molecule has 0 aliphatic carbocycles. The summed E-state index contributed by atoms with van der Waals surface area (Å²) in [6, 6.07) is 4.55. The molecule has 8 heteroatoms. The van der Waals surface area contributed by atoms with Crippen LogP contribution in [0.2, 0.25) is 0 Å². The molecule has 0 radical (unpaired) electrons. The van der Waals surface area contributed by atoms with E-state index in [9.17, 15) is 14.4 Å². The van der Waals surface area contributed by atoms with Crippen molar-refractivity contribution in [1.29, 1.82) is 0 Å². The van der Waals surface area contributed by atoms with Crippen LogP contribution < -0.4 is 20.1 Å². The lowest BCUT2D eigenvalue weighted by Crippen LogP contribution is -2.46. The number of esters is 1. The first-order valence-electron chi connectivity index (χ1n) is 9.66. The van der Waals surface area contributed by atoms with Crippen LogP contribution in [0.4, 0.5) is 4.79 Å². The molecule has 0 aromatic heterocycles. The number of imide groups is 1. The number of rotatable bonds is 10. The Labute approximate surface area is 171 Å². The van der Waals surface area contributed by atoms with E-state index in [-0.39, 0.29) is 6.04 Å². The molecule has 0 saturated heterocycles. The van der Waals surface area contributed by atoms with Gasteiger partial charge in [-0.05, 0) is 57.9 Å². The third kappa shape index (κ3) is 9.14. The molecule has 1 unspecified atom stereocenters. The molecule has 0 heterocycles. The van der Waals surface area contributed by atoms with Crippen LogP contribution in [0, 0.1) is 0 Å². The second-order valence-corrected chi connectivity index (χ2v) is 6.52. The van der Waals surface area contributed by atoms with Crippen molar-refractivity contribution in [2.45, 2.75) is 53.2 Å². The molecule has 0 spiro atoms. The van der Waals surface area contributed by atoms with Gasteiger partial charge < -0.3 is 19.5 Å². The molecule has 1 aromatic carbocycles. The molecule has 0 saturated carbocycles. The van der Waals surface area contributed by atoms with Crippen molar-refractivity contribution >= 4 is 24.0 Å². The number of hydrogen-bond donors (Lipinski definition) is 2. The zero-order valence-corrected chi connectivity index (χ0v) is 17.6. The fourth-order valence-electron chi connectivity index (χ4n) is 2.17. The lowest BCUT2D eigenvalue weighted by atomic mass is 10.2. The Morgan fingerprint density at radius 3 is 2.41 bits per heavy atom. The zero-order chi connectivity index (χ0) is 21.8. The fraction of sp³-hybridized carbons (Fsp3) is 0.476. The maximum atomic E-state index is 12.0. The Bertz CT molecular complexity index is 730. The number of carbonyl (C=O) groups is 3. The molecule has 1 atom stereocenters. The number of benzene rings is 1. The monoisotopic (exact) mass is 406 g/mol. The second-order valence-electron chi connectivity index (χ2n) is 6.52. The van der Waals surface area contributed by atoms with E-state index in [0.717, 1.165) is 6.42 Å². The molecule has 160 valence electrons. The summed E-state index contributed by atoms with van der Waals surface area (Å²) in [7, 11) is 0. The van der Waals surface area contributed by atoms with Gasteiger partial charge in [-0.1, -0.05) is 13.0 Å². The van der Waals surface area contributed by atoms with Crippen molar-refractivity contribution in [2.24, 2.45) is 0 Å². The maximum Gasteiger partial charge on any atom is 0.331 e. The van der Waals surface area contributed by atoms with Gasteiger partial charge >= 0.3 is 12.0 Å². The van der Waals surface area contributed by atoms with E-state index >= 15 is 0 Å². The van der Waals surface area contributed by atoms with Gasteiger partial charge in [0.25, 0.3) is 5.91 Å². The maximum absolute atomic E-state index is 12.0. The van der Waals surface area contributed by atoms with Crippen LogP contribution in [-0.2, 0) is 14.3 Å². The summed E-state index contributed by atoms with van der Waals surface area (Å²) in [5.74, 6) is -0.194. The summed E-state index contributed by atoms with van der Waals surface area (Å²) >= 11 is 0. The smallest absolute Gasteiger partial charge is 0.331 e. The van der Waals surface area contributed by atoms with Crippen LogP contribution in [0.1, 0.15) is 46.6 Å². The Kier molecular flexibility index (Phi) is 10.3. The van der Waals surface area contributed by atoms with Crippen LogP contribution in [-0.4, -0.2) is 43.3 Å². The third-order valence-electron chi connectivity index (χ3n) is 3.46. The topological polar surface area (TPSA) is 103 Å². The minimum Gasteiger partial charge on any atom is -0.490 e. The van der Waals surface area contributed by atoms with Crippen molar-refractivity contribution in [3.8, 4) is 11.5 Å². The summed E-state index contributed by atoms with van der Waals surface area (Å²) in [4.78, 5) is 35.4. The van der Waals surface area contributed by atoms with Crippen molar-refractivity contribution in [3.05, 3.63) is 29.8 Å². The molecule has 1 rings (SSSR count). The first kappa shape index (κ1) is 24.0. The van der Waals surface area contributed by atoms with Gasteiger partial charge in [0, 0.05) is 12.1 Å². The Morgan fingerprint density at radius 1 is 1.07 bits per heavy atom. The second kappa shape index (κ2) is 12.4. The molecule has 0 bridgehead atoms. The van der Waals surface area contributed by atoms with Crippen LogP contribution >= 0.6 is 0 Å². The molecule has 0 fully saturated rings. The molecule has 3 amide bonds. The number of nitrogens with one attached hydrogen (secondary N) is 2. The Balaban J connectivity index is 2.67. The van der Waals surface area contributed by atoms with E-state index in [2.05, 4.69) is 10.6 Å². The summed E-state index contributed by atoms with van der Waals surface area (Å²) in [5, 5.41) is 4.63. The van der Waals surface area contributed by atoms with E-state index in [4.69, 9.17) is 14.2 Å². The highest BCUT2D eigenvalue weighted by atomic mass is 16.5. The number of amides is 3. The molecular weight excluding hydrogens is 376 g/mol. The Hall–Kier alpha value is -3.03.